The topological polar surface area (TPSA) is 122 Å². The number of carbonyl (C=O) groups excluding carboxylic acids is 3. The van der Waals surface area contributed by atoms with Gasteiger partial charge in [0.25, 0.3) is 5.91 Å². The third-order valence-electron chi connectivity index (χ3n) is 6.74. The highest BCUT2D eigenvalue weighted by Gasteiger charge is 2.27. The van der Waals surface area contributed by atoms with Crippen LogP contribution in [0.15, 0.2) is 48.5 Å². The molecule has 1 fully saturated rings. The molecule has 0 unspecified atom stereocenters. The van der Waals surface area contributed by atoms with Gasteiger partial charge in [0.1, 0.15) is 11.3 Å². The van der Waals surface area contributed by atoms with Crippen LogP contribution in [0.2, 0.25) is 0 Å². The highest BCUT2D eigenvalue weighted by atomic mass is 16.6. The van der Waals surface area contributed by atoms with Crippen molar-refractivity contribution in [2.75, 3.05) is 7.11 Å². The molecule has 0 bridgehead atoms. The lowest BCUT2D eigenvalue weighted by atomic mass is 9.91. The van der Waals surface area contributed by atoms with Crippen molar-refractivity contribution in [1.29, 1.82) is 5.26 Å². The molecule has 1 saturated carbocycles. The Morgan fingerprint density at radius 1 is 1.00 bits per heavy atom. The Hall–Kier alpha value is -4.32. The molecule has 0 saturated heterocycles. The Balaban J connectivity index is 1.51. The number of nitrogens with one attached hydrogen (secondary N) is 2. The van der Waals surface area contributed by atoms with Gasteiger partial charge in [0.2, 0.25) is 0 Å². The number of alkyl carbamates (subject to hydrolysis) is 1. The molecule has 0 aliphatic heterocycles. The molecule has 9 heteroatoms. The van der Waals surface area contributed by atoms with Crippen molar-refractivity contribution in [2.24, 2.45) is 0 Å². The van der Waals surface area contributed by atoms with Gasteiger partial charge in [-0.15, -0.1) is 0 Å². The summed E-state index contributed by atoms with van der Waals surface area (Å²) in [5.74, 6) is -0.645. The number of nitrogens with zero attached hydrogens (tertiary/aromatic N) is 2. The number of ether oxygens (including phenoxy) is 2. The summed E-state index contributed by atoms with van der Waals surface area (Å²) in [7, 11) is 1.33. The third kappa shape index (κ3) is 6.96. The van der Waals surface area contributed by atoms with E-state index in [1.165, 1.54) is 7.11 Å². The van der Waals surface area contributed by atoms with Gasteiger partial charge in [-0.25, -0.2) is 9.59 Å². The summed E-state index contributed by atoms with van der Waals surface area (Å²) < 4.78 is 12.1. The van der Waals surface area contributed by atoms with Crippen LogP contribution in [-0.4, -0.2) is 47.3 Å². The molecule has 2 N–H and O–H groups in total. The van der Waals surface area contributed by atoms with Gasteiger partial charge in [0.05, 0.1) is 29.8 Å². The first kappa shape index (κ1) is 27.7. The summed E-state index contributed by atoms with van der Waals surface area (Å²) in [5, 5.41) is 16.4. The lowest BCUT2D eigenvalue weighted by molar-refractivity contribution is 0.0487. The zero-order valence-electron chi connectivity index (χ0n) is 22.7. The zero-order valence-corrected chi connectivity index (χ0v) is 22.7. The van der Waals surface area contributed by atoms with Crippen LogP contribution < -0.4 is 10.6 Å². The standard InChI is InChI=1S/C30H34N4O5/c1-30(2,3)39-29(37)33-24-12-10-23(11-13-24)32-27(35)26-16-21-9-8-19(17-31)15-25(21)34(26)18-20-6-5-7-22(14-20)28(36)38-4/h5-9,14-16,23-24H,10-13,18H2,1-4H3,(H,32,35)(H,33,37). The molecule has 0 radical (unpaired) electrons. The van der Waals surface area contributed by atoms with Gasteiger partial charge in [0.15, 0.2) is 0 Å². The number of benzene rings is 2. The van der Waals surface area contributed by atoms with Gasteiger partial charge < -0.3 is 24.7 Å². The lowest BCUT2D eigenvalue weighted by Crippen LogP contribution is -2.45. The number of rotatable bonds is 6. The van der Waals surface area contributed by atoms with E-state index in [9.17, 15) is 19.6 Å². The van der Waals surface area contributed by atoms with Crippen molar-refractivity contribution in [1.82, 2.24) is 15.2 Å². The molecule has 1 heterocycles. The van der Waals surface area contributed by atoms with Gasteiger partial charge in [-0.05, 0) is 82.3 Å². The highest BCUT2D eigenvalue weighted by molar-refractivity contribution is 5.99. The minimum atomic E-state index is -0.553. The van der Waals surface area contributed by atoms with E-state index in [1.807, 2.05) is 43.5 Å². The molecule has 9 nitrogen and oxygen atoms in total. The fraction of sp³-hybridized carbons (Fsp3) is 0.400. The number of hydrogen-bond acceptors (Lipinski definition) is 6. The summed E-state index contributed by atoms with van der Waals surface area (Å²) in [6, 6.07) is 16.4. The largest absolute Gasteiger partial charge is 0.465 e. The second-order valence-electron chi connectivity index (χ2n) is 10.9. The van der Waals surface area contributed by atoms with E-state index in [0.29, 0.717) is 23.4 Å². The van der Waals surface area contributed by atoms with E-state index in [-0.39, 0.29) is 18.0 Å². The fourth-order valence-electron chi connectivity index (χ4n) is 4.90. The molecule has 0 atom stereocenters. The molecule has 0 spiro atoms. The third-order valence-corrected chi connectivity index (χ3v) is 6.74. The summed E-state index contributed by atoms with van der Waals surface area (Å²) >= 11 is 0. The molecule has 1 aliphatic carbocycles. The molecule has 1 aliphatic rings. The molecule has 204 valence electrons. The van der Waals surface area contributed by atoms with Crippen LogP contribution in [-0.2, 0) is 16.0 Å². The van der Waals surface area contributed by atoms with Gasteiger partial charge in [-0.1, -0.05) is 18.2 Å². The van der Waals surface area contributed by atoms with E-state index in [1.54, 1.807) is 30.3 Å². The Kier molecular flexibility index (Phi) is 8.24. The van der Waals surface area contributed by atoms with Crippen molar-refractivity contribution in [2.45, 2.75) is 70.7 Å². The second kappa shape index (κ2) is 11.6. The van der Waals surface area contributed by atoms with E-state index in [0.717, 1.165) is 42.1 Å². The smallest absolute Gasteiger partial charge is 0.407 e. The van der Waals surface area contributed by atoms with Crippen LogP contribution in [0.1, 0.15) is 78.4 Å². The molecular formula is C30H34N4O5. The van der Waals surface area contributed by atoms with E-state index < -0.39 is 17.7 Å². The Labute approximate surface area is 228 Å². The average molecular weight is 531 g/mol. The van der Waals surface area contributed by atoms with Crippen molar-refractivity contribution >= 4 is 28.9 Å². The molecule has 1 aromatic heterocycles. The van der Waals surface area contributed by atoms with Crippen molar-refractivity contribution in [3.05, 3.63) is 70.9 Å². The SMILES string of the molecule is COC(=O)c1cccc(Cn2c(C(=O)NC3CCC(NC(=O)OC(C)(C)C)CC3)cc3ccc(C#N)cc32)c1. The highest BCUT2D eigenvalue weighted by Crippen LogP contribution is 2.25. The fourth-order valence-corrected chi connectivity index (χ4v) is 4.90. The Morgan fingerprint density at radius 2 is 1.69 bits per heavy atom. The normalized spacial score (nSPS) is 17.2. The van der Waals surface area contributed by atoms with Gasteiger partial charge >= 0.3 is 12.1 Å². The van der Waals surface area contributed by atoms with Crippen LogP contribution in [0.4, 0.5) is 4.79 Å². The van der Waals surface area contributed by atoms with Crippen LogP contribution in [0.3, 0.4) is 0 Å². The number of nitriles is 1. The maximum Gasteiger partial charge on any atom is 0.407 e. The number of aromatic nitrogens is 1. The molecule has 2 amide bonds. The predicted molar refractivity (Wildman–Crippen MR) is 146 cm³/mol. The Morgan fingerprint density at radius 3 is 2.33 bits per heavy atom. The quantitative estimate of drug-likeness (QED) is 0.437. The van der Waals surface area contributed by atoms with Gasteiger partial charge in [-0.3, -0.25) is 4.79 Å². The number of hydrogen-bond donors (Lipinski definition) is 2. The van der Waals surface area contributed by atoms with E-state index in [2.05, 4.69) is 16.7 Å². The maximum absolute atomic E-state index is 13.5. The first-order valence-electron chi connectivity index (χ1n) is 13.1. The number of amides is 2. The minimum absolute atomic E-state index is 0.00550. The number of methoxy groups -OCH3 is 1. The Bertz CT molecular complexity index is 1420. The summed E-state index contributed by atoms with van der Waals surface area (Å²) in [6.07, 6.45) is 2.50. The number of esters is 1. The zero-order chi connectivity index (χ0) is 28.2. The molecule has 39 heavy (non-hydrogen) atoms. The van der Waals surface area contributed by atoms with Crippen molar-refractivity contribution in [3.8, 4) is 6.07 Å². The molecule has 4 rings (SSSR count). The lowest BCUT2D eigenvalue weighted by Gasteiger charge is -2.30. The van der Waals surface area contributed by atoms with Gasteiger partial charge in [-0.2, -0.15) is 5.26 Å². The van der Waals surface area contributed by atoms with Crippen LogP contribution in [0.25, 0.3) is 10.9 Å². The number of fused-ring (bicyclic) bond motifs is 1. The first-order chi connectivity index (χ1) is 18.6. The number of carbonyl (C=O) groups is 3. The van der Waals surface area contributed by atoms with Gasteiger partial charge in [0, 0.05) is 24.0 Å². The molecular weight excluding hydrogens is 496 g/mol. The van der Waals surface area contributed by atoms with Crippen molar-refractivity contribution in [3.63, 3.8) is 0 Å². The molecule has 3 aromatic rings. The van der Waals surface area contributed by atoms with E-state index >= 15 is 0 Å². The summed E-state index contributed by atoms with van der Waals surface area (Å²) in [4.78, 5) is 37.7. The van der Waals surface area contributed by atoms with Crippen LogP contribution in [0, 0.1) is 11.3 Å². The summed E-state index contributed by atoms with van der Waals surface area (Å²) in [6.45, 7) is 5.82. The van der Waals surface area contributed by atoms with Crippen molar-refractivity contribution < 1.29 is 23.9 Å². The maximum atomic E-state index is 13.5. The summed E-state index contributed by atoms with van der Waals surface area (Å²) in [5.41, 5.74) is 2.41. The van der Waals surface area contributed by atoms with E-state index in [4.69, 9.17) is 9.47 Å². The minimum Gasteiger partial charge on any atom is -0.465 e. The predicted octanol–water partition coefficient (Wildman–Crippen LogP) is 4.91. The average Bonchev–Trinajstić information content (AvgIpc) is 3.25. The van der Waals surface area contributed by atoms with Crippen LogP contribution >= 0.6 is 0 Å². The first-order valence-corrected chi connectivity index (χ1v) is 13.1. The monoisotopic (exact) mass is 530 g/mol. The second-order valence-corrected chi connectivity index (χ2v) is 10.9. The van der Waals surface area contributed by atoms with Crippen LogP contribution in [0.5, 0.6) is 0 Å². The molecule has 2 aromatic carbocycles.